The lowest BCUT2D eigenvalue weighted by Crippen LogP contribution is -2.53. The van der Waals surface area contributed by atoms with Gasteiger partial charge in [0.25, 0.3) is 5.91 Å². The van der Waals surface area contributed by atoms with Crippen LogP contribution in [0.2, 0.25) is 15.2 Å². The molecule has 33 heavy (non-hydrogen) atoms. The first-order valence-corrected chi connectivity index (χ1v) is 11.2. The molecule has 4 rings (SSSR count). The first kappa shape index (κ1) is 23.3. The number of anilines is 2. The van der Waals surface area contributed by atoms with E-state index in [4.69, 9.17) is 45.3 Å². The van der Waals surface area contributed by atoms with Gasteiger partial charge in [-0.25, -0.2) is 4.98 Å². The van der Waals surface area contributed by atoms with Crippen LogP contribution in [0.15, 0.2) is 54.7 Å². The zero-order valence-electron chi connectivity index (χ0n) is 17.3. The Morgan fingerprint density at radius 3 is 2.67 bits per heavy atom. The van der Waals surface area contributed by atoms with Gasteiger partial charge < -0.3 is 15.8 Å². The number of nitrogens with zero attached hydrogens (tertiary/aromatic N) is 3. The third-order valence-electron chi connectivity index (χ3n) is 4.95. The third-order valence-corrected chi connectivity index (χ3v) is 5.71. The van der Waals surface area contributed by atoms with E-state index in [0.29, 0.717) is 29.4 Å². The third kappa shape index (κ3) is 6.15. The van der Waals surface area contributed by atoms with Gasteiger partial charge >= 0.3 is 0 Å². The molecule has 0 spiro atoms. The second-order valence-corrected chi connectivity index (χ2v) is 8.67. The molecule has 170 valence electrons. The summed E-state index contributed by atoms with van der Waals surface area (Å²) >= 11 is 17.9. The lowest BCUT2D eigenvalue weighted by Gasteiger charge is -2.38. The molecule has 2 aromatic heterocycles. The number of nitrogen functional groups attached to an aromatic ring is 1. The van der Waals surface area contributed by atoms with Gasteiger partial charge in [-0.3, -0.25) is 9.69 Å². The number of halogens is 3. The molecule has 1 amide bonds. The van der Waals surface area contributed by atoms with Crippen molar-refractivity contribution in [1.29, 1.82) is 0 Å². The van der Waals surface area contributed by atoms with E-state index in [9.17, 15) is 4.79 Å². The van der Waals surface area contributed by atoms with Crippen molar-refractivity contribution in [2.45, 2.75) is 6.10 Å². The minimum absolute atomic E-state index is 0.0898. The van der Waals surface area contributed by atoms with Crippen LogP contribution in [0.5, 0.6) is 5.88 Å². The highest BCUT2D eigenvalue weighted by Crippen LogP contribution is 2.32. The second-order valence-electron chi connectivity index (χ2n) is 7.44. The summed E-state index contributed by atoms with van der Waals surface area (Å²) in [6.45, 7) is 2.20. The van der Waals surface area contributed by atoms with Gasteiger partial charge in [-0.05, 0) is 35.9 Å². The number of ether oxygens (including phenoxy) is 1. The van der Waals surface area contributed by atoms with Crippen LogP contribution < -0.4 is 15.8 Å². The van der Waals surface area contributed by atoms with Crippen LogP contribution in [-0.4, -0.2) is 46.5 Å². The minimum atomic E-state index is -0.394. The Labute approximate surface area is 206 Å². The van der Waals surface area contributed by atoms with Crippen LogP contribution in [0.4, 0.5) is 11.5 Å². The van der Waals surface area contributed by atoms with Crippen molar-refractivity contribution in [3.05, 3.63) is 81.1 Å². The summed E-state index contributed by atoms with van der Waals surface area (Å²) in [5.41, 5.74) is 7.61. The Morgan fingerprint density at radius 1 is 1.18 bits per heavy atom. The molecule has 1 fully saturated rings. The predicted molar refractivity (Wildman–Crippen MR) is 132 cm³/mol. The number of nitrogens with one attached hydrogen (secondary N) is 1. The van der Waals surface area contributed by atoms with Crippen LogP contribution >= 0.6 is 34.8 Å². The minimum Gasteiger partial charge on any atom is -0.470 e. The fourth-order valence-electron chi connectivity index (χ4n) is 3.22. The van der Waals surface area contributed by atoms with E-state index < -0.39 is 5.91 Å². The fraction of sp³-hybridized carbons (Fsp3) is 0.174. The highest BCUT2D eigenvalue weighted by Gasteiger charge is 2.29. The van der Waals surface area contributed by atoms with Crippen molar-refractivity contribution < 1.29 is 9.53 Å². The van der Waals surface area contributed by atoms with Crippen molar-refractivity contribution in [2.24, 2.45) is 0 Å². The monoisotopic (exact) mass is 503 g/mol. The van der Waals surface area contributed by atoms with E-state index in [0.717, 1.165) is 12.1 Å². The van der Waals surface area contributed by atoms with Crippen molar-refractivity contribution >= 4 is 58.3 Å². The maximum absolute atomic E-state index is 12.6. The highest BCUT2D eigenvalue weighted by atomic mass is 35.5. The van der Waals surface area contributed by atoms with Crippen LogP contribution in [0.1, 0.15) is 15.9 Å². The number of pyridine rings is 2. The lowest BCUT2D eigenvalue weighted by atomic mass is 10.1. The van der Waals surface area contributed by atoms with Crippen LogP contribution in [-0.2, 0) is 0 Å². The molecule has 1 saturated heterocycles. The molecule has 3 heterocycles. The maximum Gasteiger partial charge on any atom is 0.255 e. The standard InChI is InChI=1S/C23H20Cl3N5O2/c24-16-5-3-14(4-6-16)2-1-9-31-12-17(13-31)33-23-19(11-18(25)21(27)30-23)29-22(32)15-7-8-28-20(26)10-15/h1-8,10-11,17H,9,12-13H2,(H2,27,30)(H,29,32)/b2-1+. The molecule has 7 nitrogen and oxygen atoms in total. The number of likely N-dealkylation sites (tertiary alicyclic amines) is 1. The quantitative estimate of drug-likeness (QED) is 0.438. The summed E-state index contributed by atoms with van der Waals surface area (Å²) in [7, 11) is 0. The van der Waals surface area contributed by atoms with Crippen LogP contribution in [0.25, 0.3) is 6.08 Å². The average Bonchev–Trinajstić information content (AvgIpc) is 2.76. The summed E-state index contributed by atoms with van der Waals surface area (Å²) < 4.78 is 6.00. The van der Waals surface area contributed by atoms with Crippen molar-refractivity contribution in [1.82, 2.24) is 14.9 Å². The molecular weight excluding hydrogens is 485 g/mol. The molecule has 10 heteroatoms. The van der Waals surface area contributed by atoms with E-state index in [1.54, 1.807) is 6.07 Å². The van der Waals surface area contributed by atoms with E-state index in [1.165, 1.54) is 18.3 Å². The molecule has 0 bridgehead atoms. The van der Waals surface area contributed by atoms with E-state index >= 15 is 0 Å². The molecule has 0 unspecified atom stereocenters. The Morgan fingerprint density at radius 2 is 1.94 bits per heavy atom. The van der Waals surface area contributed by atoms with Crippen LogP contribution in [0.3, 0.4) is 0 Å². The average molecular weight is 505 g/mol. The highest BCUT2D eigenvalue weighted by molar-refractivity contribution is 6.33. The van der Waals surface area contributed by atoms with Crippen molar-refractivity contribution in [2.75, 3.05) is 30.7 Å². The Hall–Kier alpha value is -2.84. The largest absolute Gasteiger partial charge is 0.470 e. The van der Waals surface area contributed by atoms with Gasteiger partial charge in [0.2, 0.25) is 5.88 Å². The summed E-state index contributed by atoms with van der Waals surface area (Å²) in [6.07, 6.45) is 5.50. The number of hydrogen-bond donors (Lipinski definition) is 2. The molecule has 1 aliphatic heterocycles. The molecule has 1 aliphatic rings. The molecule has 0 atom stereocenters. The maximum atomic E-state index is 12.6. The first-order valence-electron chi connectivity index (χ1n) is 10.1. The number of amides is 1. The number of aromatic nitrogens is 2. The Kier molecular flexibility index (Phi) is 7.35. The fourth-order valence-corrected chi connectivity index (χ4v) is 3.67. The SMILES string of the molecule is Nc1nc(OC2CN(C/C=C/c3ccc(Cl)cc3)C2)c(NC(=O)c2ccnc(Cl)c2)cc1Cl. The molecule has 3 aromatic rings. The van der Waals surface area contributed by atoms with Crippen molar-refractivity contribution in [3.8, 4) is 5.88 Å². The summed E-state index contributed by atoms with van der Waals surface area (Å²) in [6, 6.07) is 12.2. The zero-order valence-corrected chi connectivity index (χ0v) is 19.6. The molecular formula is C23H20Cl3N5O2. The molecule has 0 aliphatic carbocycles. The number of nitrogens with two attached hydrogens (primary N) is 1. The number of carbonyl (C=O) groups excluding carboxylic acids is 1. The molecule has 3 N–H and O–H groups in total. The van der Waals surface area contributed by atoms with Gasteiger partial charge in [-0.1, -0.05) is 59.1 Å². The topological polar surface area (TPSA) is 93.4 Å². The van der Waals surface area contributed by atoms with Gasteiger partial charge in [0, 0.05) is 36.4 Å². The van der Waals surface area contributed by atoms with Gasteiger partial charge in [0.15, 0.2) is 0 Å². The summed E-state index contributed by atoms with van der Waals surface area (Å²) in [5, 5.41) is 3.90. The summed E-state index contributed by atoms with van der Waals surface area (Å²) in [4.78, 5) is 22.9. The lowest BCUT2D eigenvalue weighted by molar-refractivity contribution is 0.0259. The van der Waals surface area contributed by atoms with Crippen molar-refractivity contribution in [3.63, 3.8) is 0 Å². The van der Waals surface area contributed by atoms with Gasteiger partial charge in [-0.2, -0.15) is 4.98 Å². The summed E-state index contributed by atoms with van der Waals surface area (Å²) in [5.74, 6) is -0.0557. The van der Waals surface area contributed by atoms with E-state index in [2.05, 4.69) is 26.3 Å². The molecule has 0 saturated carbocycles. The van der Waals surface area contributed by atoms with Gasteiger partial charge in [0.1, 0.15) is 22.8 Å². The number of hydrogen-bond acceptors (Lipinski definition) is 6. The first-order chi connectivity index (χ1) is 15.9. The molecule has 0 radical (unpaired) electrons. The van der Waals surface area contributed by atoms with E-state index in [1.807, 2.05) is 30.3 Å². The smallest absolute Gasteiger partial charge is 0.255 e. The Bertz CT molecular complexity index is 1180. The van der Waals surface area contributed by atoms with E-state index in [-0.39, 0.29) is 28.0 Å². The second kappa shape index (κ2) is 10.4. The predicted octanol–water partition coefficient (Wildman–Crippen LogP) is 5.05. The van der Waals surface area contributed by atoms with Gasteiger partial charge in [-0.15, -0.1) is 0 Å². The zero-order chi connectivity index (χ0) is 23.4. The number of benzene rings is 1. The number of rotatable bonds is 7. The number of carbonyl (C=O) groups is 1. The normalized spacial score (nSPS) is 14.3. The van der Waals surface area contributed by atoms with Crippen LogP contribution in [0, 0.1) is 0 Å². The molecule has 1 aromatic carbocycles. The Balaban J connectivity index is 1.36. The van der Waals surface area contributed by atoms with Gasteiger partial charge in [0.05, 0.1) is 5.02 Å².